The topological polar surface area (TPSA) is 141 Å². The SMILES string of the molecule is CCCCCCOc1ccc(/C=N/NC(=O)CNc2n[nH]c(=O)[nH]c2=O)cc1. The largest absolute Gasteiger partial charge is 0.494 e. The lowest BCUT2D eigenvalue weighted by Gasteiger charge is -2.06. The summed E-state index contributed by atoms with van der Waals surface area (Å²) in [5.74, 6) is 0.153. The van der Waals surface area contributed by atoms with Gasteiger partial charge in [0, 0.05) is 0 Å². The summed E-state index contributed by atoms with van der Waals surface area (Å²) < 4.78 is 5.66. The summed E-state index contributed by atoms with van der Waals surface area (Å²) >= 11 is 0. The normalized spacial score (nSPS) is 10.8. The first-order valence-corrected chi connectivity index (χ1v) is 9.06. The highest BCUT2D eigenvalue weighted by molar-refractivity contribution is 5.84. The van der Waals surface area contributed by atoms with Gasteiger partial charge in [-0.25, -0.2) is 15.3 Å². The fraction of sp³-hybridized carbons (Fsp3) is 0.389. The van der Waals surface area contributed by atoms with Gasteiger partial charge in [0.1, 0.15) is 5.75 Å². The number of hydrazone groups is 1. The van der Waals surface area contributed by atoms with Crippen LogP contribution in [0.4, 0.5) is 5.82 Å². The van der Waals surface area contributed by atoms with Crippen LogP contribution < -0.4 is 26.7 Å². The molecule has 1 aromatic carbocycles. The third-order valence-corrected chi connectivity index (χ3v) is 3.68. The van der Waals surface area contributed by atoms with E-state index in [-0.39, 0.29) is 12.4 Å². The van der Waals surface area contributed by atoms with Gasteiger partial charge in [-0.15, -0.1) is 5.10 Å². The summed E-state index contributed by atoms with van der Waals surface area (Å²) in [4.78, 5) is 36.0. The monoisotopic (exact) mass is 388 g/mol. The van der Waals surface area contributed by atoms with E-state index in [0.717, 1.165) is 17.7 Å². The van der Waals surface area contributed by atoms with Crippen LogP contribution in [-0.4, -0.2) is 40.5 Å². The second kappa shape index (κ2) is 11.3. The molecule has 0 unspecified atom stereocenters. The van der Waals surface area contributed by atoms with E-state index in [9.17, 15) is 14.4 Å². The van der Waals surface area contributed by atoms with Gasteiger partial charge in [0.25, 0.3) is 11.5 Å². The maximum Gasteiger partial charge on any atom is 0.342 e. The van der Waals surface area contributed by atoms with Crippen molar-refractivity contribution in [2.75, 3.05) is 18.5 Å². The van der Waals surface area contributed by atoms with Crippen LogP contribution in [0.25, 0.3) is 0 Å². The van der Waals surface area contributed by atoms with Crippen LogP contribution in [0, 0.1) is 0 Å². The van der Waals surface area contributed by atoms with Gasteiger partial charge in [0.2, 0.25) is 5.82 Å². The Morgan fingerprint density at radius 3 is 2.71 bits per heavy atom. The molecule has 10 nitrogen and oxygen atoms in total. The third-order valence-electron chi connectivity index (χ3n) is 3.68. The van der Waals surface area contributed by atoms with Crippen molar-refractivity contribution in [3.63, 3.8) is 0 Å². The minimum Gasteiger partial charge on any atom is -0.494 e. The number of aromatic amines is 2. The first kappa shape index (κ1) is 20.9. The maximum atomic E-state index is 11.7. The van der Waals surface area contributed by atoms with Gasteiger partial charge in [-0.05, 0) is 36.2 Å². The molecule has 0 bridgehead atoms. The summed E-state index contributed by atoms with van der Waals surface area (Å²) in [5, 5.41) is 11.9. The lowest BCUT2D eigenvalue weighted by molar-refractivity contribution is -0.119. The first-order valence-electron chi connectivity index (χ1n) is 9.06. The van der Waals surface area contributed by atoms with Crippen LogP contribution >= 0.6 is 0 Å². The highest BCUT2D eigenvalue weighted by Gasteiger charge is 2.04. The Morgan fingerprint density at radius 1 is 1.21 bits per heavy atom. The predicted molar refractivity (Wildman–Crippen MR) is 106 cm³/mol. The number of hydrogen-bond acceptors (Lipinski definition) is 7. The molecule has 1 heterocycles. The molecule has 0 saturated carbocycles. The fourth-order valence-corrected chi connectivity index (χ4v) is 2.22. The zero-order valence-electron chi connectivity index (χ0n) is 15.7. The molecule has 0 aliphatic heterocycles. The molecule has 0 fully saturated rings. The Morgan fingerprint density at radius 2 is 2.00 bits per heavy atom. The Bertz CT molecular complexity index is 888. The first-order chi connectivity index (χ1) is 13.6. The number of benzene rings is 1. The molecular formula is C18H24N6O4. The number of nitrogens with one attached hydrogen (secondary N) is 4. The van der Waals surface area contributed by atoms with Crippen molar-refractivity contribution in [2.24, 2.45) is 5.10 Å². The predicted octanol–water partition coefficient (Wildman–Crippen LogP) is 0.980. The second-order valence-corrected chi connectivity index (χ2v) is 5.98. The number of amides is 1. The highest BCUT2D eigenvalue weighted by Crippen LogP contribution is 2.12. The Balaban J connectivity index is 1.72. The average molecular weight is 388 g/mol. The Kier molecular flexibility index (Phi) is 8.44. The summed E-state index contributed by atoms with van der Waals surface area (Å²) in [6.07, 6.45) is 6.12. The molecule has 0 saturated heterocycles. The lowest BCUT2D eigenvalue weighted by Crippen LogP contribution is -2.31. The highest BCUT2D eigenvalue weighted by atomic mass is 16.5. The van der Waals surface area contributed by atoms with Crippen molar-refractivity contribution in [2.45, 2.75) is 32.6 Å². The van der Waals surface area contributed by atoms with Crippen molar-refractivity contribution >= 4 is 17.9 Å². The van der Waals surface area contributed by atoms with Gasteiger partial charge in [-0.2, -0.15) is 5.10 Å². The Hall–Kier alpha value is -3.43. The second-order valence-electron chi connectivity index (χ2n) is 5.98. The van der Waals surface area contributed by atoms with Crippen molar-refractivity contribution in [1.29, 1.82) is 0 Å². The van der Waals surface area contributed by atoms with E-state index in [4.69, 9.17) is 4.74 Å². The molecule has 0 spiro atoms. The van der Waals surface area contributed by atoms with E-state index >= 15 is 0 Å². The number of unbranched alkanes of at least 4 members (excludes halogenated alkanes) is 3. The van der Waals surface area contributed by atoms with Crippen molar-refractivity contribution in [3.8, 4) is 5.75 Å². The Labute approximate surface area is 161 Å². The number of aromatic nitrogens is 3. The molecule has 1 amide bonds. The molecule has 150 valence electrons. The quantitative estimate of drug-likeness (QED) is 0.257. The molecule has 2 aromatic rings. The summed E-state index contributed by atoms with van der Waals surface area (Å²) in [5.41, 5.74) is 1.68. The van der Waals surface area contributed by atoms with Crippen LogP contribution in [0.3, 0.4) is 0 Å². The molecule has 0 radical (unpaired) electrons. The van der Waals surface area contributed by atoms with Crippen LogP contribution in [-0.2, 0) is 4.79 Å². The lowest BCUT2D eigenvalue weighted by atomic mass is 10.2. The number of ether oxygens (including phenoxy) is 1. The van der Waals surface area contributed by atoms with Gasteiger partial charge in [0.15, 0.2) is 0 Å². The molecule has 0 atom stereocenters. The smallest absolute Gasteiger partial charge is 0.342 e. The van der Waals surface area contributed by atoms with Crippen LogP contribution in [0.5, 0.6) is 5.75 Å². The van der Waals surface area contributed by atoms with E-state index in [1.54, 1.807) is 0 Å². The number of carbonyl (C=O) groups excluding carboxylic acids is 1. The maximum absolute atomic E-state index is 11.7. The zero-order valence-corrected chi connectivity index (χ0v) is 15.7. The van der Waals surface area contributed by atoms with Crippen LogP contribution in [0.15, 0.2) is 39.0 Å². The fourth-order valence-electron chi connectivity index (χ4n) is 2.22. The molecule has 2 rings (SSSR count). The minimum absolute atomic E-state index is 0.163. The molecule has 0 aliphatic carbocycles. The molecule has 10 heteroatoms. The van der Waals surface area contributed by atoms with Gasteiger partial charge >= 0.3 is 5.69 Å². The number of hydrogen-bond donors (Lipinski definition) is 4. The number of carbonyl (C=O) groups is 1. The van der Waals surface area contributed by atoms with Crippen molar-refractivity contribution < 1.29 is 9.53 Å². The zero-order chi connectivity index (χ0) is 20.2. The summed E-state index contributed by atoms with van der Waals surface area (Å²) in [7, 11) is 0. The van der Waals surface area contributed by atoms with Crippen LogP contribution in [0.1, 0.15) is 38.2 Å². The van der Waals surface area contributed by atoms with E-state index in [2.05, 4.69) is 33.0 Å². The molecule has 28 heavy (non-hydrogen) atoms. The summed E-state index contributed by atoms with van der Waals surface area (Å²) in [6.45, 7) is 2.64. The number of H-pyrrole nitrogens is 2. The molecular weight excluding hydrogens is 364 g/mol. The standard InChI is InChI=1S/C18H24N6O4/c1-2-3-4-5-10-28-14-8-6-13(7-9-14)11-20-22-15(25)12-19-16-17(26)21-18(27)24-23-16/h6-9,11H,2-5,10,12H2,1H3,(H,19,23)(H,22,25)(H2,21,24,26,27)/b20-11+. The molecule has 0 aliphatic rings. The number of rotatable bonds is 11. The molecule has 1 aromatic heterocycles. The number of anilines is 1. The third kappa shape index (κ3) is 7.44. The van der Waals surface area contributed by atoms with Gasteiger partial charge in [0.05, 0.1) is 19.4 Å². The van der Waals surface area contributed by atoms with Gasteiger partial charge in [-0.3, -0.25) is 14.6 Å². The van der Waals surface area contributed by atoms with Crippen molar-refractivity contribution in [1.82, 2.24) is 20.6 Å². The number of nitrogens with zero attached hydrogens (tertiary/aromatic N) is 2. The van der Waals surface area contributed by atoms with E-state index < -0.39 is 17.2 Å². The van der Waals surface area contributed by atoms with E-state index in [0.29, 0.717) is 6.61 Å². The van der Waals surface area contributed by atoms with E-state index in [1.807, 2.05) is 29.2 Å². The summed E-state index contributed by atoms with van der Waals surface area (Å²) in [6, 6.07) is 7.36. The van der Waals surface area contributed by atoms with Crippen molar-refractivity contribution in [3.05, 3.63) is 50.7 Å². The van der Waals surface area contributed by atoms with Crippen LogP contribution in [0.2, 0.25) is 0 Å². The van der Waals surface area contributed by atoms with E-state index in [1.165, 1.54) is 25.5 Å². The average Bonchev–Trinajstić information content (AvgIpc) is 2.68. The molecule has 4 N–H and O–H groups in total. The minimum atomic E-state index is -0.725. The van der Waals surface area contributed by atoms with Gasteiger partial charge < -0.3 is 10.1 Å². The van der Waals surface area contributed by atoms with Gasteiger partial charge in [-0.1, -0.05) is 26.2 Å².